The highest BCUT2D eigenvalue weighted by Gasteiger charge is 2.05. The lowest BCUT2D eigenvalue weighted by molar-refractivity contribution is 0.364. The molecule has 0 fully saturated rings. The molecule has 0 spiro atoms. The van der Waals surface area contributed by atoms with Crippen LogP contribution in [0.4, 0.5) is 0 Å². The summed E-state index contributed by atoms with van der Waals surface area (Å²) in [4.78, 5) is 4.16. The number of aryl methyl sites for hydroxylation is 2. The molecule has 0 aliphatic carbocycles. The van der Waals surface area contributed by atoms with E-state index >= 15 is 0 Å². The van der Waals surface area contributed by atoms with Crippen molar-refractivity contribution in [1.82, 2.24) is 15.5 Å². The lowest BCUT2D eigenvalue weighted by Crippen LogP contribution is -2.27. The molecule has 0 aliphatic heterocycles. The fourth-order valence-electron chi connectivity index (χ4n) is 1.27. The zero-order chi connectivity index (χ0) is 10.4. The van der Waals surface area contributed by atoms with E-state index in [4.69, 9.17) is 4.52 Å². The molecule has 1 N–H and O–H groups in total. The van der Waals surface area contributed by atoms with Crippen LogP contribution in [-0.2, 0) is 6.42 Å². The fourth-order valence-corrected chi connectivity index (χ4v) is 1.27. The average molecular weight is 197 g/mol. The number of hydrogen-bond donors (Lipinski definition) is 1. The van der Waals surface area contributed by atoms with Crippen molar-refractivity contribution in [3.05, 3.63) is 11.7 Å². The predicted octanol–water partition coefficient (Wildman–Crippen LogP) is 1.70. The van der Waals surface area contributed by atoms with Crippen molar-refractivity contribution < 1.29 is 4.52 Å². The molecule has 80 valence electrons. The van der Waals surface area contributed by atoms with Gasteiger partial charge in [0.25, 0.3) is 0 Å². The van der Waals surface area contributed by atoms with E-state index in [1.807, 2.05) is 6.92 Å². The van der Waals surface area contributed by atoms with Gasteiger partial charge in [0.2, 0.25) is 5.89 Å². The Labute approximate surface area is 85.1 Å². The zero-order valence-corrected chi connectivity index (χ0v) is 9.21. The predicted molar refractivity (Wildman–Crippen MR) is 55.1 cm³/mol. The smallest absolute Gasteiger partial charge is 0.226 e. The standard InChI is InChI=1S/C10H19N3O/c1-4-7-11-8(2)5-6-10-12-9(3)13-14-10/h8,11H,4-7H2,1-3H3. The third-order valence-electron chi connectivity index (χ3n) is 2.10. The monoisotopic (exact) mass is 197 g/mol. The summed E-state index contributed by atoms with van der Waals surface area (Å²) in [5.41, 5.74) is 0. The van der Waals surface area contributed by atoms with E-state index in [-0.39, 0.29) is 0 Å². The van der Waals surface area contributed by atoms with E-state index in [0.29, 0.717) is 11.9 Å². The maximum absolute atomic E-state index is 5.03. The van der Waals surface area contributed by atoms with Gasteiger partial charge in [-0.3, -0.25) is 0 Å². The van der Waals surface area contributed by atoms with Crippen LogP contribution in [0, 0.1) is 6.92 Å². The molecule has 4 nitrogen and oxygen atoms in total. The molecule has 0 radical (unpaired) electrons. The van der Waals surface area contributed by atoms with Gasteiger partial charge in [-0.1, -0.05) is 12.1 Å². The first-order valence-electron chi connectivity index (χ1n) is 5.25. The lowest BCUT2D eigenvalue weighted by Gasteiger charge is -2.10. The van der Waals surface area contributed by atoms with E-state index in [0.717, 1.165) is 25.3 Å². The van der Waals surface area contributed by atoms with Crippen molar-refractivity contribution in [3.8, 4) is 0 Å². The van der Waals surface area contributed by atoms with E-state index in [2.05, 4.69) is 29.3 Å². The summed E-state index contributed by atoms with van der Waals surface area (Å²) in [7, 11) is 0. The van der Waals surface area contributed by atoms with Gasteiger partial charge in [0.05, 0.1) is 0 Å². The lowest BCUT2D eigenvalue weighted by atomic mass is 10.2. The molecule has 0 saturated heterocycles. The summed E-state index contributed by atoms with van der Waals surface area (Å²) in [5.74, 6) is 1.46. The van der Waals surface area contributed by atoms with Gasteiger partial charge in [0, 0.05) is 12.5 Å². The van der Waals surface area contributed by atoms with Crippen LogP contribution in [0.25, 0.3) is 0 Å². The van der Waals surface area contributed by atoms with Gasteiger partial charge in [0.1, 0.15) is 0 Å². The first-order chi connectivity index (χ1) is 6.72. The molecule has 0 aliphatic rings. The van der Waals surface area contributed by atoms with E-state index in [1.165, 1.54) is 6.42 Å². The fraction of sp³-hybridized carbons (Fsp3) is 0.800. The molecular formula is C10H19N3O. The van der Waals surface area contributed by atoms with Crippen LogP contribution in [0.3, 0.4) is 0 Å². The van der Waals surface area contributed by atoms with Gasteiger partial charge in [-0.2, -0.15) is 4.98 Å². The molecular weight excluding hydrogens is 178 g/mol. The molecule has 1 aromatic rings. The third kappa shape index (κ3) is 3.87. The number of rotatable bonds is 6. The Morgan fingerprint density at radius 1 is 1.50 bits per heavy atom. The summed E-state index contributed by atoms with van der Waals surface area (Å²) < 4.78 is 5.03. The van der Waals surface area contributed by atoms with Gasteiger partial charge in [-0.15, -0.1) is 0 Å². The molecule has 0 bridgehead atoms. The van der Waals surface area contributed by atoms with Crippen molar-refractivity contribution in [3.63, 3.8) is 0 Å². The van der Waals surface area contributed by atoms with Gasteiger partial charge in [-0.05, 0) is 33.2 Å². The number of hydrogen-bond acceptors (Lipinski definition) is 4. The van der Waals surface area contributed by atoms with Crippen LogP contribution in [0.1, 0.15) is 38.4 Å². The van der Waals surface area contributed by atoms with E-state index in [9.17, 15) is 0 Å². The Bertz CT molecular complexity index is 260. The molecule has 1 heterocycles. The second-order valence-corrected chi connectivity index (χ2v) is 3.63. The molecule has 1 aromatic heterocycles. The average Bonchev–Trinajstić information content (AvgIpc) is 2.58. The quantitative estimate of drug-likeness (QED) is 0.754. The van der Waals surface area contributed by atoms with Gasteiger partial charge in [-0.25, -0.2) is 0 Å². The number of nitrogens with one attached hydrogen (secondary N) is 1. The summed E-state index contributed by atoms with van der Waals surface area (Å²) in [6.07, 6.45) is 3.07. The van der Waals surface area contributed by atoms with Crippen LogP contribution in [0.15, 0.2) is 4.52 Å². The van der Waals surface area contributed by atoms with E-state index < -0.39 is 0 Å². The van der Waals surface area contributed by atoms with E-state index in [1.54, 1.807) is 0 Å². The minimum Gasteiger partial charge on any atom is -0.339 e. The molecule has 4 heteroatoms. The first-order valence-corrected chi connectivity index (χ1v) is 5.25. The molecule has 14 heavy (non-hydrogen) atoms. The summed E-state index contributed by atoms with van der Waals surface area (Å²) in [6, 6.07) is 0.516. The highest BCUT2D eigenvalue weighted by atomic mass is 16.5. The second-order valence-electron chi connectivity index (χ2n) is 3.63. The van der Waals surface area contributed by atoms with Crippen molar-refractivity contribution in [2.45, 2.75) is 46.1 Å². The number of nitrogens with zero attached hydrogens (tertiary/aromatic N) is 2. The van der Waals surface area contributed by atoms with Crippen LogP contribution in [-0.4, -0.2) is 22.7 Å². The molecule has 0 saturated carbocycles. The summed E-state index contributed by atoms with van der Waals surface area (Å²) in [5, 5.41) is 7.17. The van der Waals surface area contributed by atoms with Crippen LogP contribution in [0.2, 0.25) is 0 Å². The van der Waals surface area contributed by atoms with Crippen molar-refractivity contribution in [1.29, 1.82) is 0 Å². The SMILES string of the molecule is CCCNC(C)CCc1nc(C)no1. The minimum absolute atomic E-state index is 0.516. The molecule has 1 atom stereocenters. The van der Waals surface area contributed by atoms with Crippen molar-refractivity contribution >= 4 is 0 Å². The maximum Gasteiger partial charge on any atom is 0.226 e. The van der Waals surface area contributed by atoms with Gasteiger partial charge in [0.15, 0.2) is 5.82 Å². The highest BCUT2D eigenvalue weighted by molar-refractivity contribution is 4.83. The van der Waals surface area contributed by atoms with Crippen LogP contribution >= 0.6 is 0 Å². The van der Waals surface area contributed by atoms with Crippen molar-refractivity contribution in [2.24, 2.45) is 0 Å². The Morgan fingerprint density at radius 2 is 2.29 bits per heavy atom. The first kappa shape index (κ1) is 11.2. The largest absolute Gasteiger partial charge is 0.339 e. The Hall–Kier alpha value is -0.900. The highest BCUT2D eigenvalue weighted by Crippen LogP contribution is 2.02. The Morgan fingerprint density at radius 3 is 2.86 bits per heavy atom. The molecule has 1 unspecified atom stereocenters. The minimum atomic E-state index is 0.516. The second kappa shape index (κ2) is 5.75. The summed E-state index contributed by atoms with van der Waals surface area (Å²) >= 11 is 0. The van der Waals surface area contributed by atoms with Crippen LogP contribution < -0.4 is 5.32 Å². The normalized spacial score (nSPS) is 13.1. The summed E-state index contributed by atoms with van der Waals surface area (Å²) in [6.45, 7) is 7.26. The van der Waals surface area contributed by atoms with Gasteiger partial charge < -0.3 is 9.84 Å². The number of aromatic nitrogens is 2. The van der Waals surface area contributed by atoms with Gasteiger partial charge >= 0.3 is 0 Å². The Balaban J connectivity index is 2.20. The topological polar surface area (TPSA) is 51.0 Å². The molecule has 0 aromatic carbocycles. The molecule has 1 rings (SSSR count). The molecule has 0 amide bonds. The Kier molecular flexibility index (Phi) is 4.59. The third-order valence-corrected chi connectivity index (χ3v) is 2.10. The maximum atomic E-state index is 5.03. The zero-order valence-electron chi connectivity index (χ0n) is 9.21. The van der Waals surface area contributed by atoms with Crippen LogP contribution in [0.5, 0.6) is 0 Å². The van der Waals surface area contributed by atoms with Crippen molar-refractivity contribution in [2.75, 3.05) is 6.54 Å².